The number of anilines is 1. The highest BCUT2D eigenvalue weighted by Gasteiger charge is 2.23. The van der Waals surface area contributed by atoms with Crippen LogP contribution in [-0.4, -0.2) is 13.3 Å². The van der Waals surface area contributed by atoms with E-state index in [0.29, 0.717) is 16.6 Å². The third kappa shape index (κ3) is 4.85. The Morgan fingerprint density at radius 2 is 1.82 bits per heavy atom. The predicted octanol–water partition coefficient (Wildman–Crippen LogP) is 4.87. The Morgan fingerprint density at radius 1 is 1.09 bits per heavy atom. The fraction of sp³-hybridized carbons (Fsp3) is 0.0455. The van der Waals surface area contributed by atoms with Crippen molar-refractivity contribution in [3.8, 4) is 5.75 Å². The van der Waals surface area contributed by atoms with Crippen molar-refractivity contribution < 1.29 is 26.3 Å². The van der Waals surface area contributed by atoms with Gasteiger partial charge >= 0.3 is 15.7 Å². The molecule has 12 heteroatoms. The van der Waals surface area contributed by atoms with Gasteiger partial charge in [-0.2, -0.15) is 8.42 Å². The number of nitro groups is 1. The summed E-state index contributed by atoms with van der Waals surface area (Å²) in [5.41, 5.74) is 0.386. The molecule has 9 nitrogen and oxygen atoms in total. The summed E-state index contributed by atoms with van der Waals surface area (Å²) in [6.45, 7) is 0.192. The average Bonchev–Trinajstić information content (AvgIpc) is 2.79. The van der Waals surface area contributed by atoms with E-state index in [2.05, 4.69) is 5.32 Å². The van der Waals surface area contributed by atoms with Gasteiger partial charge in [-0.05, 0) is 35.9 Å². The molecule has 0 saturated carbocycles. The third-order valence-corrected chi connectivity index (χ3v) is 6.29. The van der Waals surface area contributed by atoms with Crippen LogP contribution in [0.3, 0.4) is 0 Å². The summed E-state index contributed by atoms with van der Waals surface area (Å²) < 4.78 is 48.9. The summed E-state index contributed by atoms with van der Waals surface area (Å²) in [5.74, 6) is -1.16. The Kier molecular flexibility index (Phi) is 6.22. The van der Waals surface area contributed by atoms with E-state index in [1.54, 1.807) is 12.1 Å². The van der Waals surface area contributed by atoms with Crippen molar-refractivity contribution in [3.63, 3.8) is 0 Å². The molecule has 4 aromatic rings. The SMILES string of the molecule is O=c1cc(NCc2ccc(OS(=O)(=O)c3cccc(Cl)c3F)cc2)c2cc([N+](=O)[O-])ccc2o1. The first-order valence-electron chi connectivity index (χ1n) is 9.58. The highest BCUT2D eigenvalue weighted by Crippen LogP contribution is 2.28. The van der Waals surface area contributed by atoms with Crippen LogP contribution in [-0.2, 0) is 16.7 Å². The van der Waals surface area contributed by atoms with Crippen LogP contribution in [0.25, 0.3) is 11.0 Å². The first-order valence-corrected chi connectivity index (χ1v) is 11.4. The molecular weight excluding hydrogens is 491 g/mol. The average molecular weight is 505 g/mol. The second kappa shape index (κ2) is 9.12. The van der Waals surface area contributed by atoms with Crippen molar-refractivity contribution >= 4 is 44.1 Å². The van der Waals surface area contributed by atoms with Crippen molar-refractivity contribution in [2.45, 2.75) is 11.4 Å². The number of rotatable bonds is 7. The Balaban J connectivity index is 1.52. The molecule has 0 aliphatic heterocycles. The zero-order valence-electron chi connectivity index (χ0n) is 17.0. The minimum atomic E-state index is -4.45. The van der Waals surface area contributed by atoms with Gasteiger partial charge < -0.3 is 13.9 Å². The number of hydrogen-bond acceptors (Lipinski definition) is 8. The summed E-state index contributed by atoms with van der Waals surface area (Å²) in [7, 11) is -4.45. The van der Waals surface area contributed by atoms with E-state index >= 15 is 0 Å². The smallest absolute Gasteiger partial charge is 0.342 e. The largest absolute Gasteiger partial charge is 0.423 e. The molecule has 0 spiro atoms. The second-order valence-electron chi connectivity index (χ2n) is 7.00. The van der Waals surface area contributed by atoms with E-state index < -0.39 is 31.4 Å². The Hall–Kier alpha value is -3.96. The maximum atomic E-state index is 14.1. The van der Waals surface area contributed by atoms with Crippen molar-refractivity contribution in [2.75, 3.05) is 5.32 Å². The molecule has 1 N–H and O–H groups in total. The van der Waals surface area contributed by atoms with Gasteiger partial charge in [-0.15, -0.1) is 0 Å². The van der Waals surface area contributed by atoms with Gasteiger partial charge in [0.15, 0.2) is 5.82 Å². The van der Waals surface area contributed by atoms with E-state index in [1.165, 1.54) is 48.5 Å². The van der Waals surface area contributed by atoms with Gasteiger partial charge in [0.25, 0.3) is 5.69 Å². The van der Waals surface area contributed by atoms with E-state index in [9.17, 15) is 27.7 Å². The third-order valence-electron chi connectivity index (χ3n) is 4.73. The van der Waals surface area contributed by atoms with Crippen LogP contribution in [0.1, 0.15) is 5.56 Å². The number of nitrogens with zero attached hydrogens (tertiary/aromatic N) is 1. The number of benzene rings is 3. The predicted molar refractivity (Wildman–Crippen MR) is 122 cm³/mol. The molecule has 1 heterocycles. The number of non-ortho nitro benzene ring substituents is 1. The van der Waals surface area contributed by atoms with E-state index in [1.807, 2.05) is 0 Å². The highest BCUT2D eigenvalue weighted by atomic mass is 35.5. The topological polar surface area (TPSA) is 129 Å². The molecule has 34 heavy (non-hydrogen) atoms. The molecule has 174 valence electrons. The molecule has 1 aromatic heterocycles. The number of fused-ring (bicyclic) bond motifs is 1. The minimum absolute atomic E-state index is 0.0513. The molecule has 0 bridgehead atoms. The van der Waals surface area contributed by atoms with Crippen LogP contribution in [0, 0.1) is 15.9 Å². The molecule has 0 aliphatic carbocycles. The summed E-state index contributed by atoms with van der Waals surface area (Å²) in [5, 5.41) is 14.1. The molecule has 3 aromatic carbocycles. The first kappa shape index (κ1) is 23.2. The quantitative estimate of drug-likeness (QED) is 0.163. The Labute approximate surface area is 196 Å². The molecule has 4 rings (SSSR count). The molecule has 0 saturated heterocycles. The van der Waals surface area contributed by atoms with Gasteiger partial charge in [-0.1, -0.05) is 29.8 Å². The van der Waals surface area contributed by atoms with Gasteiger partial charge in [0.1, 0.15) is 16.2 Å². The van der Waals surface area contributed by atoms with Crippen molar-refractivity contribution in [2.24, 2.45) is 0 Å². The lowest BCUT2D eigenvalue weighted by Gasteiger charge is -2.11. The van der Waals surface area contributed by atoms with Gasteiger partial charge in [0.05, 0.1) is 15.6 Å². The fourth-order valence-corrected chi connectivity index (χ4v) is 4.38. The number of hydrogen-bond donors (Lipinski definition) is 1. The minimum Gasteiger partial charge on any atom is -0.423 e. The molecule has 0 radical (unpaired) electrons. The lowest BCUT2D eigenvalue weighted by atomic mass is 10.1. The maximum absolute atomic E-state index is 14.1. The van der Waals surface area contributed by atoms with Crippen LogP contribution >= 0.6 is 11.6 Å². The van der Waals surface area contributed by atoms with Crippen LogP contribution in [0.4, 0.5) is 15.8 Å². The van der Waals surface area contributed by atoms with Crippen molar-refractivity contribution in [1.29, 1.82) is 0 Å². The lowest BCUT2D eigenvalue weighted by molar-refractivity contribution is -0.384. The standard InChI is InChI=1S/C22H14ClFN2O7S/c23-17-2-1-3-20(22(17)24)34(30,31)33-15-7-4-13(5-8-15)12-25-18-11-21(27)32-19-9-6-14(26(28)29)10-16(18)19/h1-11,25H,12H2. The summed E-state index contributed by atoms with van der Waals surface area (Å²) in [6.07, 6.45) is 0. The van der Waals surface area contributed by atoms with Crippen molar-refractivity contribution in [3.05, 3.63) is 104 Å². The summed E-state index contributed by atoms with van der Waals surface area (Å²) in [6, 6.07) is 14.5. The highest BCUT2D eigenvalue weighted by molar-refractivity contribution is 7.87. The van der Waals surface area contributed by atoms with Crippen LogP contribution in [0.5, 0.6) is 5.75 Å². The molecular formula is C22H14ClFN2O7S. The molecule has 0 unspecified atom stereocenters. The molecule has 0 atom stereocenters. The monoisotopic (exact) mass is 504 g/mol. The maximum Gasteiger partial charge on any atom is 0.342 e. The van der Waals surface area contributed by atoms with E-state index in [4.69, 9.17) is 20.2 Å². The molecule has 0 amide bonds. The van der Waals surface area contributed by atoms with Gasteiger partial charge in [0, 0.05) is 30.1 Å². The lowest BCUT2D eigenvalue weighted by Crippen LogP contribution is -2.12. The summed E-state index contributed by atoms with van der Waals surface area (Å²) >= 11 is 5.64. The first-order chi connectivity index (χ1) is 16.1. The Morgan fingerprint density at radius 3 is 2.53 bits per heavy atom. The zero-order chi connectivity index (χ0) is 24.5. The fourth-order valence-electron chi connectivity index (χ4n) is 3.12. The summed E-state index contributed by atoms with van der Waals surface area (Å²) in [4.78, 5) is 21.7. The van der Waals surface area contributed by atoms with E-state index in [0.717, 1.165) is 6.07 Å². The number of nitro benzene ring substituents is 1. The number of halogens is 2. The van der Waals surface area contributed by atoms with Gasteiger partial charge in [-0.25, -0.2) is 9.18 Å². The normalized spacial score (nSPS) is 11.4. The van der Waals surface area contributed by atoms with Crippen LogP contribution in [0.15, 0.2) is 80.8 Å². The Bertz CT molecular complexity index is 1570. The van der Waals surface area contributed by atoms with Gasteiger partial charge in [0.2, 0.25) is 0 Å². The van der Waals surface area contributed by atoms with Gasteiger partial charge in [-0.3, -0.25) is 10.1 Å². The van der Waals surface area contributed by atoms with Crippen LogP contribution < -0.4 is 15.1 Å². The second-order valence-corrected chi connectivity index (χ2v) is 8.93. The molecule has 0 fully saturated rings. The van der Waals surface area contributed by atoms with Crippen LogP contribution in [0.2, 0.25) is 5.02 Å². The molecule has 0 aliphatic rings. The van der Waals surface area contributed by atoms with E-state index in [-0.39, 0.29) is 28.6 Å². The zero-order valence-corrected chi connectivity index (χ0v) is 18.6. The number of nitrogens with one attached hydrogen (secondary N) is 1. The van der Waals surface area contributed by atoms with Crippen molar-refractivity contribution in [1.82, 2.24) is 0 Å².